The van der Waals surface area contributed by atoms with Gasteiger partial charge < -0.3 is 15.9 Å². The second-order valence-corrected chi connectivity index (χ2v) is 3.49. The van der Waals surface area contributed by atoms with Gasteiger partial charge in [-0.1, -0.05) is 12.1 Å². The van der Waals surface area contributed by atoms with Crippen LogP contribution < -0.4 is 5.73 Å². The van der Waals surface area contributed by atoms with Crippen LogP contribution in [0, 0.1) is 0 Å². The molecular weight excluding hydrogens is 166 g/mol. The Balaban J connectivity index is 3.07. The lowest BCUT2D eigenvalue weighted by Crippen LogP contribution is -2.40. The SMILES string of the molecule is CC(N)C(C)(O)c1cccc(O)c1. The van der Waals surface area contributed by atoms with Crippen LogP contribution in [0.4, 0.5) is 0 Å². The molecule has 0 amide bonds. The maximum absolute atomic E-state index is 9.95. The van der Waals surface area contributed by atoms with Gasteiger partial charge in [0.25, 0.3) is 0 Å². The zero-order chi connectivity index (χ0) is 10.1. The van der Waals surface area contributed by atoms with Crippen molar-refractivity contribution >= 4 is 0 Å². The number of aromatic hydroxyl groups is 1. The number of aliphatic hydroxyl groups is 1. The predicted molar refractivity (Wildman–Crippen MR) is 51.3 cm³/mol. The number of phenolic OH excluding ortho intramolecular Hbond substituents is 1. The van der Waals surface area contributed by atoms with Crippen molar-refractivity contribution in [3.8, 4) is 5.75 Å². The average molecular weight is 181 g/mol. The van der Waals surface area contributed by atoms with Crippen LogP contribution >= 0.6 is 0 Å². The second kappa shape index (κ2) is 3.36. The Morgan fingerprint density at radius 1 is 1.46 bits per heavy atom. The van der Waals surface area contributed by atoms with Crippen molar-refractivity contribution in [2.45, 2.75) is 25.5 Å². The third-order valence-electron chi connectivity index (χ3n) is 2.32. The average Bonchev–Trinajstić information content (AvgIpc) is 2.04. The number of benzene rings is 1. The maximum atomic E-state index is 9.95. The zero-order valence-electron chi connectivity index (χ0n) is 7.86. The summed E-state index contributed by atoms with van der Waals surface area (Å²) < 4.78 is 0. The Labute approximate surface area is 77.8 Å². The highest BCUT2D eigenvalue weighted by atomic mass is 16.3. The van der Waals surface area contributed by atoms with Crippen LogP contribution in [0.25, 0.3) is 0 Å². The molecule has 2 atom stereocenters. The molecule has 0 saturated carbocycles. The molecule has 3 nitrogen and oxygen atoms in total. The van der Waals surface area contributed by atoms with E-state index in [9.17, 15) is 10.2 Å². The molecule has 1 aromatic carbocycles. The minimum Gasteiger partial charge on any atom is -0.508 e. The summed E-state index contributed by atoms with van der Waals surface area (Å²) >= 11 is 0. The van der Waals surface area contributed by atoms with E-state index in [0.29, 0.717) is 5.56 Å². The monoisotopic (exact) mass is 181 g/mol. The van der Waals surface area contributed by atoms with E-state index in [0.717, 1.165) is 0 Å². The zero-order valence-corrected chi connectivity index (χ0v) is 7.86. The van der Waals surface area contributed by atoms with Crippen molar-refractivity contribution in [3.63, 3.8) is 0 Å². The van der Waals surface area contributed by atoms with Gasteiger partial charge in [-0.25, -0.2) is 0 Å². The van der Waals surface area contributed by atoms with Crippen LogP contribution in [0.2, 0.25) is 0 Å². The minimum atomic E-state index is -1.10. The lowest BCUT2D eigenvalue weighted by atomic mass is 9.90. The first kappa shape index (κ1) is 10.0. The summed E-state index contributed by atoms with van der Waals surface area (Å²) in [5, 5.41) is 19.2. The molecule has 72 valence electrons. The lowest BCUT2D eigenvalue weighted by molar-refractivity contribution is 0.0347. The van der Waals surface area contributed by atoms with Crippen LogP contribution in [-0.4, -0.2) is 16.3 Å². The molecule has 0 aliphatic carbocycles. The Morgan fingerprint density at radius 2 is 2.08 bits per heavy atom. The van der Waals surface area contributed by atoms with E-state index in [1.54, 1.807) is 32.0 Å². The fourth-order valence-corrected chi connectivity index (χ4v) is 1.08. The first-order valence-corrected chi connectivity index (χ1v) is 4.22. The molecule has 0 radical (unpaired) electrons. The number of hydrogen-bond donors (Lipinski definition) is 3. The highest BCUT2D eigenvalue weighted by Crippen LogP contribution is 2.25. The highest BCUT2D eigenvalue weighted by molar-refractivity contribution is 5.31. The number of hydrogen-bond acceptors (Lipinski definition) is 3. The molecule has 4 N–H and O–H groups in total. The molecule has 0 aliphatic heterocycles. The quantitative estimate of drug-likeness (QED) is 0.636. The van der Waals surface area contributed by atoms with Crippen LogP contribution in [0.5, 0.6) is 5.75 Å². The molecule has 0 fully saturated rings. The summed E-state index contributed by atoms with van der Waals surface area (Å²) in [7, 11) is 0. The summed E-state index contributed by atoms with van der Waals surface area (Å²) in [6, 6.07) is 6.11. The third kappa shape index (κ3) is 1.99. The molecule has 1 rings (SSSR count). The van der Waals surface area contributed by atoms with Crippen molar-refractivity contribution in [1.29, 1.82) is 0 Å². The molecule has 0 bridgehead atoms. The van der Waals surface area contributed by atoms with Crippen molar-refractivity contribution in [3.05, 3.63) is 29.8 Å². The lowest BCUT2D eigenvalue weighted by Gasteiger charge is -2.27. The first-order valence-electron chi connectivity index (χ1n) is 4.22. The highest BCUT2D eigenvalue weighted by Gasteiger charge is 2.27. The predicted octanol–water partition coefficient (Wildman–Crippen LogP) is 0.947. The summed E-state index contributed by atoms with van der Waals surface area (Å²) in [5.74, 6) is 0.137. The van der Waals surface area contributed by atoms with E-state index in [1.807, 2.05) is 0 Å². The number of phenols is 1. The van der Waals surface area contributed by atoms with E-state index in [-0.39, 0.29) is 11.8 Å². The van der Waals surface area contributed by atoms with Gasteiger partial charge in [0.05, 0.1) is 0 Å². The van der Waals surface area contributed by atoms with E-state index >= 15 is 0 Å². The smallest absolute Gasteiger partial charge is 0.115 e. The van der Waals surface area contributed by atoms with Crippen LogP contribution in [0.3, 0.4) is 0 Å². The largest absolute Gasteiger partial charge is 0.508 e. The van der Waals surface area contributed by atoms with Gasteiger partial charge in [0, 0.05) is 6.04 Å². The summed E-state index contributed by atoms with van der Waals surface area (Å²) in [6.07, 6.45) is 0. The van der Waals surface area contributed by atoms with Gasteiger partial charge in [0.2, 0.25) is 0 Å². The van der Waals surface area contributed by atoms with Crippen LogP contribution in [-0.2, 0) is 5.60 Å². The van der Waals surface area contributed by atoms with E-state index in [1.165, 1.54) is 6.07 Å². The van der Waals surface area contributed by atoms with Gasteiger partial charge in [-0.05, 0) is 31.5 Å². The molecule has 13 heavy (non-hydrogen) atoms. The van der Waals surface area contributed by atoms with E-state index in [4.69, 9.17) is 5.73 Å². The maximum Gasteiger partial charge on any atom is 0.115 e. The van der Waals surface area contributed by atoms with Gasteiger partial charge in [-0.3, -0.25) is 0 Å². The van der Waals surface area contributed by atoms with E-state index in [2.05, 4.69) is 0 Å². The van der Waals surface area contributed by atoms with Crippen molar-refractivity contribution < 1.29 is 10.2 Å². The molecule has 0 saturated heterocycles. The fourth-order valence-electron chi connectivity index (χ4n) is 1.08. The molecule has 0 heterocycles. The van der Waals surface area contributed by atoms with Gasteiger partial charge in [0.15, 0.2) is 0 Å². The van der Waals surface area contributed by atoms with E-state index < -0.39 is 5.60 Å². The molecule has 0 aliphatic rings. The van der Waals surface area contributed by atoms with Crippen molar-refractivity contribution in [2.24, 2.45) is 5.73 Å². The minimum absolute atomic E-state index is 0.137. The van der Waals surface area contributed by atoms with Gasteiger partial charge >= 0.3 is 0 Å². The normalized spacial score (nSPS) is 17.8. The molecule has 0 aromatic heterocycles. The summed E-state index contributed by atoms with van der Waals surface area (Å²) in [4.78, 5) is 0. The first-order chi connectivity index (χ1) is 5.94. The fraction of sp³-hybridized carbons (Fsp3) is 0.400. The number of rotatable bonds is 2. The van der Waals surface area contributed by atoms with Gasteiger partial charge in [0.1, 0.15) is 11.4 Å². The Hall–Kier alpha value is -1.06. The van der Waals surface area contributed by atoms with Gasteiger partial charge in [-0.15, -0.1) is 0 Å². The van der Waals surface area contributed by atoms with Crippen LogP contribution in [0.1, 0.15) is 19.4 Å². The Bertz CT molecular complexity index is 295. The van der Waals surface area contributed by atoms with Crippen LogP contribution in [0.15, 0.2) is 24.3 Å². The topological polar surface area (TPSA) is 66.5 Å². The Morgan fingerprint density at radius 3 is 2.54 bits per heavy atom. The van der Waals surface area contributed by atoms with Crippen molar-refractivity contribution in [2.75, 3.05) is 0 Å². The second-order valence-electron chi connectivity index (χ2n) is 3.49. The molecule has 0 spiro atoms. The van der Waals surface area contributed by atoms with Gasteiger partial charge in [-0.2, -0.15) is 0 Å². The molecule has 2 unspecified atom stereocenters. The number of nitrogens with two attached hydrogens (primary N) is 1. The molecule has 3 heteroatoms. The molecular formula is C10H15NO2. The third-order valence-corrected chi connectivity index (χ3v) is 2.32. The summed E-state index contributed by atoms with van der Waals surface area (Å²) in [5.41, 5.74) is 5.15. The van der Waals surface area contributed by atoms with Crippen molar-refractivity contribution in [1.82, 2.24) is 0 Å². The molecule has 1 aromatic rings. The standard InChI is InChI=1S/C10H15NO2/c1-7(11)10(2,13)8-4-3-5-9(12)6-8/h3-7,12-13H,11H2,1-2H3. The Kier molecular flexibility index (Phi) is 2.59. The summed E-state index contributed by atoms with van der Waals surface area (Å²) in [6.45, 7) is 3.36.